The Morgan fingerprint density at radius 2 is 2.41 bits per heavy atom. The van der Waals surface area contributed by atoms with E-state index in [1.807, 2.05) is 0 Å². The van der Waals surface area contributed by atoms with E-state index in [0.717, 1.165) is 6.54 Å². The fraction of sp³-hybridized carbons (Fsp3) is 0.667. The molecule has 0 spiro atoms. The summed E-state index contributed by atoms with van der Waals surface area (Å²) in [5.74, 6) is 0.00970. The Kier molecular flexibility index (Phi) is 3.36. The van der Waals surface area contributed by atoms with Gasteiger partial charge in [-0.15, -0.1) is 0 Å². The van der Waals surface area contributed by atoms with Crippen LogP contribution in [0.25, 0.3) is 0 Å². The van der Waals surface area contributed by atoms with Crippen molar-refractivity contribution >= 4 is 11.6 Å². The van der Waals surface area contributed by atoms with E-state index in [1.54, 1.807) is 17.1 Å². The normalized spacial score (nSPS) is 16.8. The molecule has 0 atom stereocenters. The Bertz CT molecular complexity index is 395. The Morgan fingerprint density at radius 1 is 1.65 bits per heavy atom. The summed E-state index contributed by atoms with van der Waals surface area (Å²) in [7, 11) is 0. The molecule has 17 heavy (non-hydrogen) atoms. The summed E-state index contributed by atoms with van der Waals surface area (Å²) in [5, 5.41) is 6.97. The van der Waals surface area contributed by atoms with E-state index < -0.39 is 0 Å². The summed E-state index contributed by atoms with van der Waals surface area (Å²) in [6.07, 6.45) is 8.10. The van der Waals surface area contributed by atoms with E-state index in [-0.39, 0.29) is 12.5 Å². The fourth-order valence-corrected chi connectivity index (χ4v) is 2.18. The molecule has 0 aromatic carbocycles. The number of nitrogens with zero attached hydrogens (tertiary/aromatic N) is 2. The molecule has 1 amide bonds. The van der Waals surface area contributed by atoms with Crippen LogP contribution in [0.4, 0.5) is 5.69 Å². The number of anilines is 1. The van der Waals surface area contributed by atoms with E-state index in [2.05, 4.69) is 17.3 Å². The van der Waals surface area contributed by atoms with Gasteiger partial charge in [-0.05, 0) is 24.7 Å². The van der Waals surface area contributed by atoms with Crippen LogP contribution < -0.4 is 11.1 Å². The zero-order chi connectivity index (χ0) is 12.3. The fourth-order valence-electron chi connectivity index (χ4n) is 2.18. The SMILES string of the molecule is CCCC1(CNC(=O)Cn2cc(N)cn2)CC1. The second kappa shape index (κ2) is 4.77. The monoisotopic (exact) mass is 236 g/mol. The Hall–Kier alpha value is -1.52. The van der Waals surface area contributed by atoms with Crippen LogP contribution in [0.2, 0.25) is 0 Å². The van der Waals surface area contributed by atoms with Crippen molar-refractivity contribution < 1.29 is 4.79 Å². The van der Waals surface area contributed by atoms with Gasteiger partial charge in [0.1, 0.15) is 6.54 Å². The lowest BCUT2D eigenvalue weighted by molar-refractivity contribution is -0.122. The van der Waals surface area contributed by atoms with E-state index in [9.17, 15) is 4.79 Å². The van der Waals surface area contributed by atoms with E-state index >= 15 is 0 Å². The third-order valence-corrected chi connectivity index (χ3v) is 3.36. The van der Waals surface area contributed by atoms with Crippen LogP contribution in [0, 0.1) is 5.41 Å². The third kappa shape index (κ3) is 3.22. The lowest BCUT2D eigenvalue weighted by Gasteiger charge is -2.14. The molecule has 5 nitrogen and oxygen atoms in total. The molecular formula is C12H20N4O. The van der Waals surface area contributed by atoms with Crippen molar-refractivity contribution in [3.63, 3.8) is 0 Å². The van der Waals surface area contributed by atoms with Crippen LogP contribution in [0.3, 0.4) is 0 Å². The molecular weight excluding hydrogens is 216 g/mol. The van der Waals surface area contributed by atoms with Gasteiger partial charge in [0.25, 0.3) is 0 Å². The average Bonchev–Trinajstić information content (AvgIpc) is 2.94. The van der Waals surface area contributed by atoms with Gasteiger partial charge in [0.05, 0.1) is 11.9 Å². The van der Waals surface area contributed by atoms with Crippen molar-refractivity contribution in [2.45, 2.75) is 39.2 Å². The van der Waals surface area contributed by atoms with Crippen LogP contribution >= 0.6 is 0 Å². The highest BCUT2D eigenvalue weighted by Gasteiger charge is 2.41. The highest BCUT2D eigenvalue weighted by molar-refractivity contribution is 5.75. The minimum atomic E-state index is 0.00970. The zero-order valence-electron chi connectivity index (χ0n) is 10.3. The highest BCUT2D eigenvalue weighted by atomic mass is 16.2. The van der Waals surface area contributed by atoms with Crippen LogP contribution in [0.1, 0.15) is 32.6 Å². The molecule has 2 rings (SSSR count). The van der Waals surface area contributed by atoms with Crippen LogP contribution in [0.5, 0.6) is 0 Å². The first-order chi connectivity index (χ1) is 8.13. The van der Waals surface area contributed by atoms with Crippen LogP contribution in [-0.2, 0) is 11.3 Å². The molecule has 1 aromatic rings. The van der Waals surface area contributed by atoms with Gasteiger partial charge < -0.3 is 11.1 Å². The van der Waals surface area contributed by atoms with Gasteiger partial charge in [-0.3, -0.25) is 9.48 Å². The summed E-state index contributed by atoms with van der Waals surface area (Å²) in [5.41, 5.74) is 6.51. The molecule has 94 valence electrons. The first-order valence-corrected chi connectivity index (χ1v) is 6.18. The highest BCUT2D eigenvalue weighted by Crippen LogP contribution is 2.48. The van der Waals surface area contributed by atoms with Gasteiger partial charge in [-0.2, -0.15) is 5.10 Å². The van der Waals surface area contributed by atoms with Crippen molar-refractivity contribution in [3.05, 3.63) is 12.4 Å². The quantitative estimate of drug-likeness (QED) is 0.778. The second-order valence-corrected chi connectivity index (χ2v) is 5.00. The average molecular weight is 236 g/mol. The summed E-state index contributed by atoms with van der Waals surface area (Å²) >= 11 is 0. The molecule has 1 heterocycles. The lowest BCUT2D eigenvalue weighted by Crippen LogP contribution is -2.33. The zero-order valence-corrected chi connectivity index (χ0v) is 10.3. The molecule has 0 unspecified atom stereocenters. The number of hydrogen-bond acceptors (Lipinski definition) is 3. The predicted molar refractivity (Wildman–Crippen MR) is 66.2 cm³/mol. The topological polar surface area (TPSA) is 72.9 Å². The number of rotatable bonds is 6. The van der Waals surface area contributed by atoms with Crippen molar-refractivity contribution in [2.24, 2.45) is 5.41 Å². The molecule has 0 aliphatic heterocycles. The van der Waals surface area contributed by atoms with Gasteiger partial charge in [-0.1, -0.05) is 13.3 Å². The number of hydrogen-bond donors (Lipinski definition) is 2. The van der Waals surface area contributed by atoms with Gasteiger partial charge in [0.15, 0.2) is 0 Å². The number of carbonyl (C=O) groups excluding carboxylic acids is 1. The molecule has 0 radical (unpaired) electrons. The second-order valence-electron chi connectivity index (χ2n) is 5.00. The Labute approximate surface area is 101 Å². The van der Waals surface area contributed by atoms with Crippen molar-refractivity contribution in [3.8, 4) is 0 Å². The number of amides is 1. The number of nitrogens with one attached hydrogen (secondary N) is 1. The summed E-state index contributed by atoms with van der Waals surface area (Å²) in [4.78, 5) is 11.7. The maximum absolute atomic E-state index is 11.7. The smallest absolute Gasteiger partial charge is 0.241 e. The molecule has 1 aromatic heterocycles. The minimum Gasteiger partial charge on any atom is -0.396 e. The first-order valence-electron chi connectivity index (χ1n) is 6.18. The first kappa shape index (κ1) is 12.0. The molecule has 3 N–H and O–H groups in total. The molecule has 1 aliphatic rings. The number of aromatic nitrogens is 2. The molecule has 1 saturated carbocycles. The van der Waals surface area contributed by atoms with Crippen LogP contribution in [-0.4, -0.2) is 22.2 Å². The van der Waals surface area contributed by atoms with Crippen LogP contribution in [0.15, 0.2) is 12.4 Å². The predicted octanol–water partition coefficient (Wildman–Crippen LogP) is 1.16. The third-order valence-electron chi connectivity index (χ3n) is 3.36. The minimum absolute atomic E-state index is 0.00970. The summed E-state index contributed by atoms with van der Waals surface area (Å²) in [6.45, 7) is 3.24. The Balaban J connectivity index is 1.74. The molecule has 5 heteroatoms. The van der Waals surface area contributed by atoms with Crippen molar-refractivity contribution in [1.82, 2.24) is 15.1 Å². The summed E-state index contributed by atoms with van der Waals surface area (Å²) in [6, 6.07) is 0. The largest absolute Gasteiger partial charge is 0.396 e. The number of nitrogen functional groups attached to an aromatic ring is 1. The molecule has 1 aliphatic carbocycles. The van der Waals surface area contributed by atoms with Gasteiger partial charge >= 0.3 is 0 Å². The summed E-state index contributed by atoms with van der Waals surface area (Å²) < 4.78 is 1.56. The van der Waals surface area contributed by atoms with Crippen molar-refractivity contribution in [2.75, 3.05) is 12.3 Å². The van der Waals surface area contributed by atoms with Gasteiger partial charge in [0, 0.05) is 12.7 Å². The molecule has 0 saturated heterocycles. The number of carbonyl (C=O) groups is 1. The standard InChI is InChI=1S/C12H20N4O/c1-2-3-12(4-5-12)9-14-11(17)8-16-7-10(13)6-15-16/h6-7H,2-5,8-9,13H2,1H3,(H,14,17). The Morgan fingerprint density at radius 3 is 2.94 bits per heavy atom. The van der Waals surface area contributed by atoms with Gasteiger partial charge in [0.2, 0.25) is 5.91 Å². The molecule has 1 fully saturated rings. The van der Waals surface area contributed by atoms with E-state index in [1.165, 1.54) is 25.7 Å². The lowest BCUT2D eigenvalue weighted by atomic mass is 10.0. The van der Waals surface area contributed by atoms with Crippen molar-refractivity contribution in [1.29, 1.82) is 0 Å². The maximum Gasteiger partial charge on any atom is 0.241 e. The van der Waals surface area contributed by atoms with E-state index in [0.29, 0.717) is 11.1 Å². The number of nitrogens with two attached hydrogens (primary N) is 1. The van der Waals surface area contributed by atoms with Gasteiger partial charge in [-0.25, -0.2) is 0 Å². The van der Waals surface area contributed by atoms with E-state index in [4.69, 9.17) is 5.73 Å². The maximum atomic E-state index is 11.7. The molecule has 0 bridgehead atoms.